The molecule has 6 heteroatoms. The summed E-state index contributed by atoms with van der Waals surface area (Å²) >= 11 is 0. The summed E-state index contributed by atoms with van der Waals surface area (Å²) in [6.07, 6.45) is 6.31. The zero-order valence-electron chi connectivity index (χ0n) is 11.9. The van der Waals surface area contributed by atoms with Gasteiger partial charge in [-0.1, -0.05) is 12.8 Å². The molecule has 2 atom stereocenters. The molecule has 0 aromatic heterocycles. The van der Waals surface area contributed by atoms with Gasteiger partial charge in [0.25, 0.3) is 0 Å². The van der Waals surface area contributed by atoms with E-state index in [1.54, 1.807) is 0 Å². The minimum atomic E-state index is -0.751. The maximum absolute atomic E-state index is 10.5. The fourth-order valence-electron chi connectivity index (χ4n) is 2.67. The van der Waals surface area contributed by atoms with E-state index < -0.39 is 11.9 Å². The summed E-state index contributed by atoms with van der Waals surface area (Å²) in [6, 6.07) is 0.754. The molecule has 4 N–H and O–H groups in total. The van der Waals surface area contributed by atoms with E-state index in [1.165, 1.54) is 12.8 Å². The molecule has 20 heavy (non-hydrogen) atoms. The van der Waals surface area contributed by atoms with E-state index >= 15 is 0 Å². The molecular formula is C14H26N2O4. The van der Waals surface area contributed by atoms with E-state index in [-0.39, 0.29) is 12.8 Å². The van der Waals surface area contributed by atoms with Gasteiger partial charge in [-0.2, -0.15) is 0 Å². The van der Waals surface area contributed by atoms with Gasteiger partial charge < -0.3 is 20.8 Å². The monoisotopic (exact) mass is 286 g/mol. The maximum atomic E-state index is 10.5. The summed E-state index contributed by atoms with van der Waals surface area (Å²) in [5.41, 5.74) is 0. The van der Waals surface area contributed by atoms with Crippen molar-refractivity contribution >= 4 is 11.9 Å². The summed E-state index contributed by atoms with van der Waals surface area (Å²) in [4.78, 5) is 20.9. The number of rotatable bonds is 10. The standard InChI is InChI=1S/C14H26N2O4/c17-13(18)7-3-9-15-11-5-1-2-6-12(11)16-10-4-8-14(19)20/h11-12,15-16H,1-10H2,(H,17,18)(H,19,20)/t11-,12-/m0/s1. The van der Waals surface area contributed by atoms with Crippen LogP contribution in [0.3, 0.4) is 0 Å². The van der Waals surface area contributed by atoms with Crippen molar-refractivity contribution in [1.82, 2.24) is 10.6 Å². The molecule has 0 unspecified atom stereocenters. The van der Waals surface area contributed by atoms with Crippen molar-refractivity contribution in [2.75, 3.05) is 13.1 Å². The van der Waals surface area contributed by atoms with E-state index in [4.69, 9.17) is 10.2 Å². The van der Waals surface area contributed by atoms with Crippen molar-refractivity contribution in [2.45, 2.75) is 63.5 Å². The third-order valence-corrected chi connectivity index (χ3v) is 3.71. The fourth-order valence-corrected chi connectivity index (χ4v) is 2.67. The van der Waals surface area contributed by atoms with Gasteiger partial charge in [-0.3, -0.25) is 9.59 Å². The summed E-state index contributed by atoms with van der Waals surface area (Å²) in [5.74, 6) is -1.50. The molecule has 0 amide bonds. The number of carboxylic acids is 2. The summed E-state index contributed by atoms with van der Waals surface area (Å²) < 4.78 is 0. The first-order chi connectivity index (χ1) is 9.59. The number of carbonyl (C=O) groups is 2. The molecule has 0 bridgehead atoms. The second kappa shape index (κ2) is 9.72. The fraction of sp³-hybridized carbons (Fsp3) is 0.857. The van der Waals surface area contributed by atoms with Gasteiger partial charge in [0.05, 0.1) is 0 Å². The predicted octanol–water partition coefficient (Wildman–Crippen LogP) is 1.21. The SMILES string of the molecule is O=C(O)CCCN[C@H]1CCCC[C@@H]1NCCCC(=O)O. The lowest BCUT2D eigenvalue weighted by atomic mass is 9.90. The molecule has 0 spiro atoms. The number of hydrogen-bond acceptors (Lipinski definition) is 4. The normalized spacial score (nSPS) is 22.6. The van der Waals surface area contributed by atoms with Gasteiger partial charge in [0, 0.05) is 24.9 Å². The molecule has 1 saturated carbocycles. The molecule has 1 aliphatic carbocycles. The molecule has 6 nitrogen and oxygen atoms in total. The second-order valence-electron chi connectivity index (χ2n) is 5.40. The maximum Gasteiger partial charge on any atom is 0.303 e. The Kier molecular flexibility index (Phi) is 8.22. The third kappa shape index (κ3) is 7.45. The minimum Gasteiger partial charge on any atom is -0.481 e. The minimum absolute atomic E-state index is 0.205. The Bertz CT molecular complexity index is 280. The molecule has 0 aromatic carbocycles. The molecule has 1 fully saturated rings. The van der Waals surface area contributed by atoms with Gasteiger partial charge in [0.2, 0.25) is 0 Å². The average molecular weight is 286 g/mol. The Hall–Kier alpha value is -1.14. The molecule has 0 aliphatic heterocycles. The van der Waals surface area contributed by atoms with Gasteiger partial charge >= 0.3 is 11.9 Å². The molecule has 116 valence electrons. The lowest BCUT2D eigenvalue weighted by Crippen LogP contribution is -2.50. The summed E-state index contributed by atoms with van der Waals surface area (Å²) in [5, 5.41) is 24.1. The van der Waals surface area contributed by atoms with Crippen LogP contribution in [-0.2, 0) is 9.59 Å². The lowest BCUT2D eigenvalue weighted by molar-refractivity contribution is -0.138. The Morgan fingerprint density at radius 2 is 1.25 bits per heavy atom. The first kappa shape index (κ1) is 16.9. The Morgan fingerprint density at radius 1 is 0.850 bits per heavy atom. The van der Waals surface area contributed by atoms with E-state index in [1.807, 2.05) is 0 Å². The van der Waals surface area contributed by atoms with Crippen LogP contribution in [0.2, 0.25) is 0 Å². The van der Waals surface area contributed by atoms with E-state index in [2.05, 4.69) is 10.6 Å². The number of hydrogen-bond donors (Lipinski definition) is 4. The van der Waals surface area contributed by atoms with Crippen LogP contribution in [0.25, 0.3) is 0 Å². The van der Waals surface area contributed by atoms with Gasteiger partial charge in [0.15, 0.2) is 0 Å². The van der Waals surface area contributed by atoms with Gasteiger partial charge in [-0.15, -0.1) is 0 Å². The van der Waals surface area contributed by atoms with Crippen molar-refractivity contribution in [1.29, 1.82) is 0 Å². The lowest BCUT2D eigenvalue weighted by Gasteiger charge is -2.33. The van der Waals surface area contributed by atoms with Crippen LogP contribution in [0.4, 0.5) is 0 Å². The molecule has 0 aromatic rings. The van der Waals surface area contributed by atoms with Gasteiger partial charge in [-0.05, 0) is 38.8 Å². The Morgan fingerprint density at radius 3 is 1.60 bits per heavy atom. The number of aliphatic carboxylic acids is 2. The molecular weight excluding hydrogens is 260 g/mol. The van der Waals surface area contributed by atoms with E-state index in [9.17, 15) is 9.59 Å². The van der Waals surface area contributed by atoms with E-state index in [0.717, 1.165) is 25.9 Å². The first-order valence-electron chi connectivity index (χ1n) is 7.50. The van der Waals surface area contributed by atoms with Crippen molar-refractivity contribution in [2.24, 2.45) is 0 Å². The largest absolute Gasteiger partial charge is 0.481 e. The third-order valence-electron chi connectivity index (χ3n) is 3.71. The van der Waals surface area contributed by atoms with E-state index in [0.29, 0.717) is 24.9 Å². The second-order valence-corrected chi connectivity index (χ2v) is 5.40. The average Bonchev–Trinajstić information content (AvgIpc) is 2.40. The summed E-state index contributed by atoms with van der Waals surface area (Å²) in [7, 11) is 0. The highest BCUT2D eigenvalue weighted by Crippen LogP contribution is 2.18. The molecule has 1 rings (SSSR count). The van der Waals surface area contributed by atoms with Gasteiger partial charge in [-0.25, -0.2) is 0 Å². The van der Waals surface area contributed by atoms with Crippen LogP contribution in [0.5, 0.6) is 0 Å². The van der Waals surface area contributed by atoms with Crippen molar-refractivity contribution in [3.8, 4) is 0 Å². The number of carboxylic acid groups (broad SMARTS) is 2. The van der Waals surface area contributed by atoms with Crippen LogP contribution in [0, 0.1) is 0 Å². The number of nitrogens with one attached hydrogen (secondary N) is 2. The van der Waals surface area contributed by atoms with Gasteiger partial charge in [0.1, 0.15) is 0 Å². The quantitative estimate of drug-likeness (QED) is 0.451. The molecule has 0 heterocycles. The smallest absolute Gasteiger partial charge is 0.303 e. The Balaban J connectivity index is 2.19. The van der Waals surface area contributed by atoms with Crippen LogP contribution in [0.1, 0.15) is 51.4 Å². The molecule has 0 radical (unpaired) electrons. The topological polar surface area (TPSA) is 98.7 Å². The molecule has 0 saturated heterocycles. The highest BCUT2D eigenvalue weighted by molar-refractivity contribution is 5.66. The Labute approximate surface area is 119 Å². The predicted molar refractivity (Wildman–Crippen MR) is 75.8 cm³/mol. The van der Waals surface area contributed by atoms with Crippen molar-refractivity contribution < 1.29 is 19.8 Å². The van der Waals surface area contributed by atoms with Crippen molar-refractivity contribution in [3.05, 3.63) is 0 Å². The van der Waals surface area contributed by atoms with Crippen LogP contribution >= 0.6 is 0 Å². The van der Waals surface area contributed by atoms with Crippen molar-refractivity contribution in [3.63, 3.8) is 0 Å². The van der Waals surface area contributed by atoms with Crippen LogP contribution < -0.4 is 10.6 Å². The van der Waals surface area contributed by atoms with Crippen LogP contribution in [0.15, 0.2) is 0 Å². The zero-order chi connectivity index (χ0) is 14.8. The first-order valence-corrected chi connectivity index (χ1v) is 7.50. The summed E-state index contributed by atoms with van der Waals surface area (Å²) in [6.45, 7) is 1.45. The zero-order valence-corrected chi connectivity index (χ0v) is 11.9. The highest BCUT2D eigenvalue weighted by atomic mass is 16.4. The molecule has 1 aliphatic rings. The van der Waals surface area contributed by atoms with Crippen LogP contribution in [-0.4, -0.2) is 47.3 Å². The highest BCUT2D eigenvalue weighted by Gasteiger charge is 2.23.